The Hall–Kier alpha value is -4.28. The zero-order valence-corrected chi connectivity index (χ0v) is 22.1. The summed E-state index contributed by atoms with van der Waals surface area (Å²) in [6, 6.07) is 22.2. The lowest BCUT2D eigenvalue weighted by atomic mass is 10.0. The third kappa shape index (κ3) is 6.78. The zero-order chi connectivity index (χ0) is 27.8. The number of anilines is 2. The Morgan fingerprint density at radius 3 is 2.26 bits per heavy atom. The summed E-state index contributed by atoms with van der Waals surface area (Å²) < 4.78 is 55.4. The van der Waals surface area contributed by atoms with Crippen LogP contribution in [0.25, 0.3) is 11.1 Å². The van der Waals surface area contributed by atoms with Gasteiger partial charge >= 0.3 is 0 Å². The Kier molecular flexibility index (Phi) is 9.24. The van der Waals surface area contributed by atoms with Gasteiger partial charge in [-0.3, -0.25) is 4.79 Å². The van der Waals surface area contributed by atoms with Crippen molar-refractivity contribution in [3.63, 3.8) is 0 Å². The molecule has 0 saturated carbocycles. The van der Waals surface area contributed by atoms with E-state index in [0.717, 1.165) is 5.69 Å². The Morgan fingerprint density at radius 1 is 0.821 bits per heavy atom. The first kappa shape index (κ1) is 27.7. The molecule has 1 unspecified atom stereocenters. The maximum absolute atomic E-state index is 14.3. The molecule has 0 radical (unpaired) electrons. The van der Waals surface area contributed by atoms with E-state index in [-0.39, 0.29) is 21.9 Å². The number of benzene rings is 4. The molecule has 4 aromatic carbocycles. The fourth-order valence-corrected chi connectivity index (χ4v) is 4.93. The molecular formula is C29H27F2N3O4S. The number of nitrogens with one attached hydrogen (secondary N) is 3. The van der Waals surface area contributed by atoms with E-state index in [1.54, 1.807) is 42.5 Å². The van der Waals surface area contributed by atoms with Gasteiger partial charge in [0.2, 0.25) is 4.90 Å². The van der Waals surface area contributed by atoms with Gasteiger partial charge in [-0.2, -0.15) is 0 Å². The number of carbonyl (C=O) groups is 1. The fraction of sp³-hybridized carbons (Fsp3) is 0.138. The van der Waals surface area contributed by atoms with Crippen LogP contribution >= 0.6 is 0 Å². The van der Waals surface area contributed by atoms with Crippen LogP contribution < -0.4 is 24.8 Å². The van der Waals surface area contributed by atoms with Gasteiger partial charge in [-0.1, -0.05) is 30.3 Å². The van der Waals surface area contributed by atoms with Gasteiger partial charge in [0.1, 0.15) is 28.7 Å². The number of para-hydroxylation sites is 1. The van der Waals surface area contributed by atoms with E-state index < -0.39 is 23.0 Å². The second-order valence-electron chi connectivity index (χ2n) is 8.30. The molecule has 0 bridgehead atoms. The molecule has 202 valence electrons. The van der Waals surface area contributed by atoms with Gasteiger partial charge in [-0.15, -0.1) is 0 Å². The lowest BCUT2D eigenvalue weighted by Crippen LogP contribution is -2.29. The number of halogens is 2. The molecular weight excluding hydrogens is 524 g/mol. The minimum Gasteiger partial charge on any atom is -0.588 e. The minimum absolute atomic E-state index is 0.206. The molecule has 4 rings (SSSR count). The minimum atomic E-state index is -1.81. The normalized spacial score (nSPS) is 11.4. The van der Waals surface area contributed by atoms with Crippen LogP contribution in [0.2, 0.25) is 0 Å². The van der Waals surface area contributed by atoms with Crippen molar-refractivity contribution in [2.75, 3.05) is 37.3 Å². The van der Waals surface area contributed by atoms with Crippen LogP contribution in [-0.2, 0) is 11.4 Å². The van der Waals surface area contributed by atoms with Crippen LogP contribution in [0.5, 0.6) is 11.5 Å². The monoisotopic (exact) mass is 551 g/mol. The van der Waals surface area contributed by atoms with Crippen molar-refractivity contribution in [1.29, 1.82) is 0 Å². The van der Waals surface area contributed by atoms with Gasteiger partial charge in [0, 0.05) is 24.8 Å². The first-order chi connectivity index (χ1) is 18.9. The third-order valence-corrected chi connectivity index (χ3v) is 6.92. The van der Waals surface area contributed by atoms with Crippen LogP contribution in [0.15, 0.2) is 89.8 Å². The molecule has 4 aromatic rings. The van der Waals surface area contributed by atoms with Crippen molar-refractivity contribution in [3.8, 4) is 22.6 Å². The van der Waals surface area contributed by atoms with Crippen LogP contribution in [0.1, 0.15) is 10.4 Å². The van der Waals surface area contributed by atoms with E-state index >= 15 is 0 Å². The molecule has 10 heteroatoms. The molecule has 1 amide bonds. The summed E-state index contributed by atoms with van der Waals surface area (Å²) in [5.41, 5.74) is 1.76. The van der Waals surface area contributed by atoms with Crippen LogP contribution in [0.4, 0.5) is 20.2 Å². The van der Waals surface area contributed by atoms with E-state index in [0.29, 0.717) is 35.8 Å². The van der Waals surface area contributed by atoms with Gasteiger partial charge in [0.15, 0.2) is 5.75 Å². The van der Waals surface area contributed by atoms with E-state index in [9.17, 15) is 18.1 Å². The number of carbonyl (C=O) groups excluding carboxylic acids is 1. The molecule has 0 aliphatic heterocycles. The Bertz CT molecular complexity index is 1430. The molecule has 1 atom stereocenters. The molecule has 0 aliphatic carbocycles. The van der Waals surface area contributed by atoms with Crippen molar-refractivity contribution >= 4 is 28.6 Å². The molecule has 0 aromatic heterocycles. The summed E-state index contributed by atoms with van der Waals surface area (Å²) in [7, 11) is 2.94. The summed E-state index contributed by atoms with van der Waals surface area (Å²) in [5, 5.41) is 6.04. The van der Waals surface area contributed by atoms with Crippen LogP contribution in [-0.4, -0.2) is 37.8 Å². The lowest BCUT2D eigenvalue weighted by molar-refractivity contribution is 0.0952. The SMILES string of the molecule is COc1ccccc1C(=O)NCCNc1cccc(N[S+]([O-])c2cc(-c3c(F)cccc3F)ccc2OC)c1. The largest absolute Gasteiger partial charge is 0.588 e. The highest BCUT2D eigenvalue weighted by molar-refractivity contribution is 7.92. The number of hydrogen-bond donors (Lipinski definition) is 3. The number of rotatable bonds is 11. The third-order valence-electron chi connectivity index (χ3n) is 5.78. The van der Waals surface area contributed by atoms with Crippen molar-refractivity contribution in [3.05, 3.63) is 102 Å². The van der Waals surface area contributed by atoms with Crippen molar-refractivity contribution in [2.45, 2.75) is 4.90 Å². The maximum Gasteiger partial charge on any atom is 0.255 e. The van der Waals surface area contributed by atoms with Gasteiger partial charge in [-0.25, -0.2) is 13.5 Å². The van der Waals surface area contributed by atoms with Gasteiger partial charge in [0.05, 0.1) is 31.0 Å². The molecule has 0 heterocycles. The topological polar surface area (TPSA) is 94.7 Å². The van der Waals surface area contributed by atoms with Crippen molar-refractivity contribution in [2.24, 2.45) is 0 Å². The van der Waals surface area contributed by atoms with E-state index in [4.69, 9.17) is 9.47 Å². The lowest BCUT2D eigenvalue weighted by Gasteiger charge is -2.16. The quantitative estimate of drug-likeness (QED) is 0.165. The van der Waals surface area contributed by atoms with Gasteiger partial charge < -0.3 is 24.7 Å². The Balaban J connectivity index is 1.40. The average molecular weight is 552 g/mol. The molecule has 39 heavy (non-hydrogen) atoms. The molecule has 0 aliphatic rings. The highest BCUT2D eigenvalue weighted by Crippen LogP contribution is 2.33. The summed E-state index contributed by atoms with van der Waals surface area (Å²) >= 11 is -1.81. The fourth-order valence-electron chi connectivity index (χ4n) is 3.92. The summed E-state index contributed by atoms with van der Waals surface area (Å²) in [6.07, 6.45) is 0. The predicted octanol–water partition coefficient (Wildman–Crippen LogP) is 5.63. The number of methoxy groups -OCH3 is 2. The smallest absolute Gasteiger partial charge is 0.255 e. The maximum atomic E-state index is 14.3. The van der Waals surface area contributed by atoms with E-state index in [1.807, 2.05) is 6.07 Å². The summed E-state index contributed by atoms with van der Waals surface area (Å²) in [6.45, 7) is 0.800. The molecule has 3 N–H and O–H groups in total. The highest BCUT2D eigenvalue weighted by Gasteiger charge is 2.22. The standard InChI is InChI=1S/C29H27F2N3O4S/c1-37-25-12-4-3-9-22(25)29(35)33-16-15-32-20-7-5-8-21(18-20)34-39(36)27-17-19(13-14-26(27)38-2)28-23(30)10-6-11-24(28)31/h3-14,17-18,32,34H,15-16H2,1-2H3,(H,33,35). The second kappa shape index (κ2) is 13.0. The predicted molar refractivity (Wildman–Crippen MR) is 149 cm³/mol. The highest BCUT2D eigenvalue weighted by atomic mass is 32.2. The van der Waals surface area contributed by atoms with Crippen molar-refractivity contribution < 1.29 is 27.6 Å². The second-order valence-corrected chi connectivity index (χ2v) is 9.48. The number of ether oxygens (including phenoxy) is 2. The number of amides is 1. The summed E-state index contributed by atoms with van der Waals surface area (Å²) in [4.78, 5) is 12.7. The van der Waals surface area contributed by atoms with Gasteiger partial charge in [0.25, 0.3) is 5.91 Å². The molecule has 7 nitrogen and oxygen atoms in total. The van der Waals surface area contributed by atoms with Crippen LogP contribution in [0.3, 0.4) is 0 Å². The summed E-state index contributed by atoms with van der Waals surface area (Å²) in [5.74, 6) is -0.880. The van der Waals surface area contributed by atoms with Crippen LogP contribution in [0, 0.1) is 11.6 Å². The molecule has 0 fully saturated rings. The first-order valence-corrected chi connectivity index (χ1v) is 13.1. The first-order valence-electron chi connectivity index (χ1n) is 12.0. The number of hydrogen-bond acceptors (Lipinski definition) is 6. The van der Waals surface area contributed by atoms with E-state index in [2.05, 4.69) is 15.4 Å². The zero-order valence-electron chi connectivity index (χ0n) is 21.3. The average Bonchev–Trinajstić information content (AvgIpc) is 2.95. The Labute approximate surface area is 228 Å². The van der Waals surface area contributed by atoms with Crippen molar-refractivity contribution in [1.82, 2.24) is 5.32 Å². The van der Waals surface area contributed by atoms with Gasteiger partial charge in [-0.05, 0) is 54.1 Å². The molecule has 0 saturated heterocycles. The Morgan fingerprint density at radius 2 is 1.51 bits per heavy atom. The molecule has 0 spiro atoms. The van der Waals surface area contributed by atoms with E-state index in [1.165, 1.54) is 50.6 Å².